The van der Waals surface area contributed by atoms with E-state index in [1.807, 2.05) is 48.5 Å². The molecule has 0 saturated heterocycles. The molecule has 3 aromatic rings. The van der Waals surface area contributed by atoms with E-state index in [1.165, 1.54) is 5.56 Å². The highest BCUT2D eigenvalue weighted by atomic mass is 31.1. The van der Waals surface area contributed by atoms with E-state index in [0.29, 0.717) is 5.75 Å². The molecule has 33 heavy (non-hydrogen) atoms. The summed E-state index contributed by atoms with van der Waals surface area (Å²) < 4.78 is 17.6. The van der Waals surface area contributed by atoms with Crippen LogP contribution in [0.2, 0.25) is 0 Å². The Balaban J connectivity index is 2.51. The van der Waals surface area contributed by atoms with Gasteiger partial charge in [-0.2, -0.15) is 0 Å². The molecule has 0 amide bonds. The van der Waals surface area contributed by atoms with Crippen molar-refractivity contribution in [3.05, 3.63) is 65.7 Å². The zero-order valence-corrected chi connectivity index (χ0v) is 21.8. The minimum Gasteiger partial charge on any atom is -0.507 e. The monoisotopic (exact) mass is 466 g/mol. The van der Waals surface area contributed by atoms with Crippen LogP contribution in [-0.2, 0) is 5.41 Å². The maximum atomic E-state index is 11.6. The second-order valence-electron chi connectivity index (χ2n) is 9.32. The summed E-state index contributed by atoms with van der Waals surface area (Å²) in [7, 11) is 3.75. The Hall–Kier alpha value is -2.71. The van der Waals surface area contributed by atoms with Crippen molar-refractivity contribution in [3.63, 3.8) is 0 Å². The van der Waals surface area contributed by atoms with Gasteiger partial charge >= 0.3 is 0 Å². The molecule has 176 valence electrons. The number of phenols is 1. The summed E-state index contributed by atoms with van der Waals surface area (Å²) in [6.07, 6.45) is 0. The lowest BCUT2D eigenvalue weighted by molar-refractivity contribution is 0.401. The van der Waals surface area contributed by atoms with Gasteiger partial charge in [0.25, 0.3) is 0 Å². The van der Waals surface area contributed by atoms with Crippen molar-refractivity contribution in [2.45, 2.75) is 46.0 Å². The van der Waals surface area contributed by atoms with Gasteiger partial charge in [0.1, 0.15) is 23.0 Å². The van der Waals surface area contributed by atoms with Gasteiger partial charge < -0.3 is 19.3 Å². The third-order valence-electron chi connectivity index (χ3n) is 5.78. The zero-order chi connectivity index (χ0) is 24.3. The Morgan fingerprint density at radius 3 is 1.70 bits per heavy atom. The fourth-order valence-corrected chi connectivity index (χ4v) is 7.15. The fourth-order valence-electron chi connectivity index (χ4n) is 4.13. The minimum atomic E-state index is -1.29. The zero-order valence-electron chi connectivity index (χ0n) is 20.9. The van der Waals surface area contributed by atoms with Crippen molar-refractivity contribution in [1.29, 1.82) is 0 Å². The van der Waals surface area contributed by atoms with E-state index in [9.17, 15) is 5.11 Å². The second kappa shape index (κ2) is 10.1. The van der Waals surface area contributed by atoms with E-state index in [4.69, 9.17) is 14.2 Å². The average Bonchev–Trinajstić information content (AvgIpc) is 2.79. The van der Waals surface area contributed by atoms with Gasteiger partial charge in [0, 0.05) is 18.5 Å². The lowest BCUT2D eigenvalue weighted by Gasteiger charge is -2.30. The lowest BCUT2D eigenvalue weighted by Crippen LogP contribution is -2.28. The van der Waals surface area contributed by atoms with E-state index in [0.717, 1.165) is 38.7 Å². The Morgan fingerprint density at radius 2 is 1.21 bits per heavy atom. The summed E-state index contributed by atoms with van der Waals surface area (Å²) in [4.78, 5) is 0. The van der Waals surface area contributed by atoms with Crippen LogP contribution >= 0.6 is 7.92 Å². The van der Waals surface area contributed by atoms with Gasteiger partial charge in [0.15, 0.2) is 0 Å². The first-order valence-corrected chi connectivity index (χ1v) is 12.5. The maximum absolute atomic E-state index is 11.6. The van der Waals surface area contributed by atoms with Crippen LogP contribution in [-0.4, -0.2) is 26.4 Å². The summed E-state index contributed by atoms with van der Waals surface area (Å²) in [5, 5.41) is 14.5. The largest absolute Gasteiger partial charge is 0.507 e. The Morgan fingerprint density at radius 1 is 0.727 bits per heavy atom. The number of hydrogen-bond donors (Lipinski definition) is 1. The number of ether oxygens (including phenoxy) is 3. The van der Waals surface area contributed by atoms with Gasteiger partial charge in [-0.15, -0.1) is 0 Å². The van der Waals surface area contributed by atoms with Crippen LogP contribution in [0.4, 0.5) is 0 Å². The van der Waals surface area contributed by atoms with Gasteiger partial charge in [-0.1, -0.05) is 71.0 Å². The third-order valence-corrected chi connectivity index (χ3v) is 8.44. The molecule has 0 aliphatic rings. The normalized spacial score (nSPS) is 12.5. The predicted molar refractivity (Wildman–Crippen MR) is 139 cm³/mol. The molecule has 0 fully saturated rings. The van der Waals surface area contributed by atoms with Crippen molar-refractivity contribution in [2.75, 3.05) is 21.3 Å². The average molecular weight is 467 g/mol. The van der Waals surface area contributed by atoms with Gasteiger partial charge in [-0.3, -0.25) is 0 Å². The van der Waals surface area contributed by atoms with Gasteiger partial charge in [-0.05, 0) is 40.7 Å². The van der Waals surface area contributed by atoms with Crippen molar-refractivity contribution in [3.8, 4) is 23.0 Å². The van der Waals surface area contributed by atoms with E-state index < -0.39 is 7.92 Å². The Bertz CT molecular complexity index is 1090. The molecule has 0 radical (unpaired) electrons. The van der Waals surface area contributed by atoms with Crippen LogP contribution in [0.5, 0.6) is 23.0 Å². The first kappa shape index (κ1) is 24.9. The van der Waals surface area contributed by atoms with E-state index in [2.05, 4.69) is 40.7 Å². The summed E-state index contributed by atoms with van der Waals surface area (Å²) in [6, 6.07) is 18.0. The number of hydrogen-bond acceptors (Lipinski definition) is 4. The van der Waals surface area contributed by atoms with Crippen LogP contribution in [0, 0.1) is 0 Å². The molecule has 3 rings (SSSR count). The standard InChI is InChI=1S/C28H35O4P/c1-18(2)19-12-9-14-21(30-6)26(19)33(27-22(31-7)15-11-16-23(27)32-8)24-17-10-13-20(25(24)29)28(3,4)5/h9-18,29H,1-8H3. The quantitative estimate of drug-likeness (QED) is 0.461. The van der Waals surface area contributed by atoms with E-state index in [-0.39, 0.29) is 11.3 Å². The minimum absolute atomic E-state index is 0.215. The highest BCUT2D eigenvalue weighted by Gasteiger charge is 2.33. The van der Waals surface area contributed by atoms with Gasteiger partial charge in [0.2, 0.25) is 0 Å². The molecule has 5 heteroatoms. The SMILES string of the molecule is COc1cccc(OC)c1P(c1cccc(C(C)(C)C)c1O)c1c(OC)cccc1C(C)C. The number of aromatic hydroxyl groups is 1. The van der Waals surface area contributed by atoms with Gasteiger partial charge in [-0.25, -0.2) is 0 Å². The molecule has 0 aromatic heterocycles. The molecular formula is C28H35O4P. The third kappa shape index (κ3) is 4.82. The molecule has 4 nitrogen and oxygen atoms in total. The molecule has 1 atom stereocenters. The predicted octanol–water partition coefficient (Wildman–Crippen LogP) is 5.60. The Labute approximate surface area is 199 Å². The molecule has 0 aliphatic heterocycles. The topological polar surface area (TPSA) is 47.9 Å². The second-order valence-corrected chi connectivity index (χ2v) is 11.4. The summed E-state index contributed by atoms with van der Waals surface area (Å²) in [5.74, 6) is 2.81. The molecule has 1 N–H and O–H groups in total. The molecule has 0 heterocycles. The summed E-state index contributed by atoms with van der Waals surface area (Å²) in [5.41, 5.74) is 1.87. The van der Waals surface area contributed by atoms with Crippen molar-refractivity contribution in [2.24, 2.45) is 0 Å². The number of methoxy groups -OCH3 is 3. The molecule has 1 unspecified atom stereocenters. The van der Waals surface area contributed by atoms with Crippen molar-refractivity contribution < 1.29 is 19.3 Å². The molecular weight excluding hydrogens is 431 g/mol. The van der Waals surface area contributed by atoms with Crippen LogP contribution in [0.3, 0.4) is 0 Å². The van der Waals surface area contributed by atoms with Crippen LogP contribution in [0.15, 0.2) is 54.6 Å². The van der Waals surface area contributed by atoms with Crippen molar-refractivity contribution in [1.82, 2.24) is 0 Å². The number of benzene rings is 3. The molecule has 0 spiro atoms. The fraction of sp³-hybridized carbons (Fsp3) is 0.357. The first-order valence-electron chi connectivity index (χ1n) is 11.2. The maximum Gasteiger partial charge on any atom is 0.130 e. The summed E-state index contributed by atoms with van der Waals surface area (Å²) in [6.45, 7) is 10.7. The van der Waals surface area contributed by atoms with Crippen LogP contribution in [0.25, 0.3) is 0 Å². The van der Waals surface area contributed by atoms with Crippen LogP contribution < -0.4 is 30.1 Å². The highest BCUT2D eigenvalue weighted by Crippen LogP contribution is 2.48. The number of para-hydroxylation sites is 1. The molecule has 3 aromatic carbocycles. The summed E-state index contributed by atoms with van der Waals surface area (Å²) >= 11 is 0. The lowest BCUT2D eigenvalue weighted by atomic mass is 9.86. The van der Waals surface area contributed by atoms with E-state index >= 15 is 0 Å². The van der Waals surface area contributed by atoms with Crippen molar-refractivity contribution >= 4 is 23.8 Å². The van der Waals surface area contributed by atoms with Gasteiger partial charge in [0.05, 0.1) is 26.6 Å². The number of phenolic OH excluding ortho intramolecular Hbond substituents is 1. The van der Waals surface area contributed by atoms with E-state index in [1.54, 1.807) is 21.3 Å². The molecule has 0 saturated carbocycles. The first-order chi connectivity index (χ1) is 15.6. The highest BCUT2D eigenvalue weighted by molar-refractivity contribution is 7.80. The smallest absolute Gasteiger partial charge is 0.130 e. The number of rotatable bonds is 7. The molecule has 0 aliphatic carbocycles. The van der Waals surface area contributed by atoms with Crippen LogP contribution in [0.1, 0.15) is 51.7 Å². The Kier molecular flexibility index (Phi) is 7.59. The molecule has 0 bridgehead atoms.